The molecule has 1 heterocycles. The highest BCUT2D eigenvalue weighted by atomic mass is 16.5. The Morgan fingerprint density at radius 1 is 1.04 bits per heavy atom. The van der Waals surface area contributed by atoms with Crippen LogP contribution in [0.3, 0.4) is 0 Å². The van der Waals surface area contributed by atoms with Crippen molar-refractivity contribution in [1.82, 2.24) is 4.57 Å². The Morgan fingerprint density at radius 3 is 2.39 bits per heavy atom. The molecule has 0 saturated carbocycles. The number of hydrogen-bond donors (Lipinski definition) is 0. The van der Waals surface area contributed by atoms with E-state index in [2.05, 4.69) is 0 Å². The number of aryl methyl sites for hydroxylation is 2. The van der Waals surface area contributed by atoms with E-state index in [-0.39, 0.29) is 12.2 Å². The van der Waals surface area contributed by atoms with Crippen LogP contribution >= 0.6 is 0 Å². The van der Waals surface area contributed by atoms with Gasteiger partial charge in [-0.05, 0) is 43.7 Å². The van der Waals surface area contributed by atoms with Crippen LogP contribution < -0.4 is 15.0 Å². The van der Waals surface area contributed by atoms with Crippen molar-refractivity contribution in [2.75, 3.05) is 20.8 Å². The number of carbonyl (C=O) groups excluding carboxylic acids is 1. The van der Waals surface area contributed by atoms with Crippen molar-refractivity contribution in [3.63, 3.8) is 0 Å². The van der Waals surface area contributed by atoms with Crippen LogP contribution in [0, 0.1) is 6.92 Å². The largest absolute Gasteiger partial charge is 0.493 e. The van der Waals surface area contributed by atoms with Crippen molar-refractivity contribution in [2.24, 2.45) is 7.05 Å². The standard InChI is InChI=1S/C22H23NO5/c1-6-28-22(25)20-19(14-8-10-17(26-4)18(12-14)27-5)15-11-13(2)7-9-16(15)23(3)21(20)24/h7-12H,6H2,1-5H3. The molecular weight excluding hydrogens is 358 g/mol. The maximum absolute atomic E-state index is 13.1. The van der Waals surface area contributed by atoms with Gasteiger partial charge in [-0.15, -0.1) is 0 Å². The summed E-state index contributed by atoms with van der Waals surface area (Å²) >= 11 is 0. The van der Waals surface area contributed by atoms with Crippen molar-refractivity contribution in [3.8, 4) is 22.6 Å². The normalized spacial score (nSPS) is 10.8. The number of ether oxygens (including phenoxy) is 3. The Balaban J connectivity index is 2.47. The molecule has 6 nitrogen and oxygen atoms in total. The van der Waals surface area contributed by atoms with E-state index >= 15 is 0 Å². The predicted octanol–water partition coefficient (Wildman–Crippen LogP) is 3.71. The number of nitrogens with zero attached hydrogens (tertiary/aromatic N) is 1. The highest BCUT2D eigenvalue weighted by Crippen LogP contribution is 2.37. The van der Waals surface area contributed by atoms with Crippen LogP contribution in [0.15, 0.2) is 41.2 Å². The Kier molecular flexibility index (Phi) is 5.40. The Hall–Kier alpha value is -3.28. The second-order valence-electron chi connectivity index (χ2n) is 6.43. The number of methoxy groups -OCH3 is 2. The minimum absolute atomic E-state index is 0.00895. The fourth-order valence-electron chi connectivity index (χ4n) is 3.35. The first kappa shape index (κ1) is 19.5. The van der Waals surface area contributed by atoms with Crippen molar-refractivity contribution < 1.29 is 19.0 Å². The molecule has 0 saturated heterocycles. The molecule has 0 bridgehead atoms. The maximum atomic E-state index is 13.1. The number of hydrogen-bond acceptors (Lipinski definition) is 5. The molecule has 2 aromatic carbocycles. The van der Waals surface area contributed by atoms with Gasteiger partial charge >= 0.3 is 5.97 Å². The van der Waals surface area contributed by atoms with Gasteiger partial charge in [-0.25, -0.2) is 4.79 Å². The molecule has 0 aliphatic heterocycles. The minimum atomic E-state index is -0.642. The zero-order valence-corrected chi connectivity index (χ0v) is 16.7. The molecule has 0 aliphatic rings. The van der Waals surface area contributed by atoms with Crippen LogP contribution in [0.2, 0.25) is 0 Å². The quantitative estimate of drug-likeness (QED) is 0.631. The second kappa shape index (κ2) is 7.76. The summed E-state index contributed by atoms with van der Waals surface area (Å²) in [5.74, 6) is 0.431. The zero-order valence-electron chi connectivity index (χ0n) is 16.7. The number of aromatic nitrogens is 1. The lowest BCUT2D eigenvalue weighted by Crippen LogP contribution is -2.27. The van der Waals surface area contributed by atoms with E-state index in [1.165, 1.54) is 4.57 Å². The molecule has 3 aromatic rings. The average molecular weight is 381 g/mol. The lowest BCUT2D eigenvalue weighted by molar-refractivity contribution is 0.0525. The van der Waals surface area contributed by atoms with Crippen LogP contribution in [0.5, 0.6) is 11.5 Å². The molecule has 0 fully saturated rings. The van der Waals surface area contributed by atoms with Crippen LogP contribution in [-0.2, 0) is 11.8 Å². The lowest BCUT2D eigenvalue weighted by atomic mass is 9.94. The number of carbonyl (C=O) groups is 1. The molecule has 0 amide bonds. The average Bonchev–Trinajstić information content (AvgIpc) is 2.69. The molecule has 0 spiro atoms. The molecular formula is C22H23NO5. The van der Waals surface area contributed by atoms with Crippen LogP contribution in [0.4, 0.5) is 0 Å². The molecule has 0 N–H and O–H groups in total. The minimum Gasteiger partial charge on any atom is -0.493 e. The van der Waals surface area contributed by atoms with Crippen LogP contribution in [-0.4, -0.2) is 31.4 Å². The lowest BCUT2D eigenvalue weighted by Gasteiger charge is -2.17. The first-order chi connectivity index (χ1) is 13.4. The molecule has 1 aromatic heterocycles. The summed E-state index contributed by atoms with van der Waals surface area (Å²) in [6.45, 7) is 3.86. The second-order valence-corrected chi connectivity index (χ2v) is 6.43. The molecule has 0 atom stereocenters. The molecule has 6 heteroatoms. The summed E-state index contributed by atoms with van der Waals surface area (Å²) < 4.78 is 17.4. The number of pyridine rings is 1. The molecule has 0 unspecified atom stereocenters. The summed E-state index contributed by atoms with van der Waals surface area (Å²) in [4.78, 5) is 25.8. The number of esters is 1. The molecule has 3 rings (SSSR count). The van der Waals surface area contributed by atoms with Crippen molar-refractivity contribution in [1.29, 1.82) is 0 Å². The first-order valence-electron chi connectivity index (χ1n) is 8.95. The van der Waals surface area contributed by atoms with Gasteiger partial charge in [0.2, 0.25) is 0 Å². The number of fused-ring (bicyclic) bond motifs is 1. The third-order valence-electron chi connectivity index (χ3n) is 4.70. The molecule has 0 radical (unpaired) electrons. The zero-order chi connectivity index (χ0) is 20.4. The first-order valence-corrected chi connectivity index (χ1v) is 8.95. The summed E-state index contributed by atoms with van der Waals surface area (Å²) in [6, 6.07) is 11.1. The molecule has 0 aliphatic carbocycles. The van der Waals surface area contributed by atoms with E-state index in [0.717, 1.165) is 16.5 Å². The van der Waals surface area contributed by atoms with Crippen molar-refractivity contribution >= 4 is 16.9 Å². The predicted molar refractivity (Wildman–Crippen MR) is 108 cm³/mol. The fraction of sp³-hybridized carbons (Fsp3) is 0.273. The van der Waals surface area contributed by atoms with E-state index in [1.54, 1.807) is 46.4 Å². The third-order valence-corrected chi connectivity index (χ3v) is 4.70. The molecule has 28 heavy (non-hydrogen) atoms. The van der Waals surface area contributed by atoms with Gasteiger partial charge < -0.3 is 18.8 Å². The summed E-state index contributed by atoms with van der Waals surface area (Å²) in [5, 5.41) is 0.789. The fourth-order valence-corrected chi connectivity index (χ4v) is 3.35. The van der Waals surface area contributed by atoms with Gasteiger partial charge in [0.05, 0.1) is 26.3 Å². The van der Waals surface area contributed by atoms with Gasteiger partial charge in [-0.3, -0.25) is 4.79 Å². The van der Waals surface area contributed by atoms with Gasteiger partial charge in [-0.1, -0.05) is 17.7 Å². The summed E-state index contributed by atoms with van der Waals surface area (Å²) in [5.41, 5.74) is 2.56. The van der Waals surface area contributed by atoms with E-state index in [1.807, 2.05) is 25.1 Å². The Morgan fingerprint density at radius 2 is 1.75 bits per heavy atom. The topological polar surface area (TPSA) is 66.8 Å². The summed E-state index contributed by atoms with van der Waals surface area (Å²) in [7, 11) is 4.75. The Bertz CT molecular complexity index is 1110. The van der Waals surface area contributed by atoms with Gasteiger partial charge in [0.25, 0.3) is 5.56 Å². The third kappa shape index (κ3) is 3.22. The Labute approximate surface area is 163 Å². The van der Waals surface area contributed by atoms with Crippen LogP contribution in [0.1, 0.15) is 22.8 Å². The van der Waals surface area contributed by atoms with Gasteiger partial charge in [-0.2, -0.15) is 0 Å². The molecule has 146 valence electrons. The van der Waals surface area contributed by atoms with Crippen molar-refractivity contribution in [3.05, 3.63) is 57.9 Å². The van der Waals surface area contributed by atoms with Crippen molar-refractivity contribution in [2.45, 2.75) is 13.8 Å². The van der Waals surface area contributed by atoms with E-state index in [4.69, 9.17) is 14.2 Å². The summed E-state index contributed by atoms with van der Waals surface area (Å²) in [6.07, 6.45) is 0. The number of rotatable bonds is 5. The maximum Gasteiger partial charge on any atom is 0.344 e. The van der Waals surface area contributed by atoms with E-state index in [9.17, 15) is 9.59 Å². The smallest absolute Gasteiger partial charge is 0.344 e. The SMILES string of the molecule is CCOC(=O)c1c(-c2ccc(OC)c(OC)c2)c2cc(C)ccc2n(C)c1=O. The van der Waals surface area contributed by atoms with E-state index < -0.39 is 11.5 Å². The highest BCUT2D eigenvalue weighted by Gasteiger charge is 2.24. The number of benzene rings is 2. The highest BCUT2D eigenvalue weighted by molar-refractivity contribution is 6.07. The van der Waals surface area contributed by atoms with Gasteiger partial charge in [0.15, 0.2) is 11.5 Å². The van der Waals surface area contributed by atoms with E-state index in [0.29, 0.717) is 22.6 Å². The van der Waals surface area contributed by atoms with Crippen LogP contribution in [0.25, 0.3) is 22.0 Å². The monoisotopic (exact) mass is 381 g/mol. The van der Waals surface area contributed by atoms with Gasteiger partial charge in [0, 0.05) is 18.0 Å². The van der Waals surface area contributed by atoms with Gasteiger partial charge in [0.1, 0.15) is 5.56 Å².